The fourth-order valence-corrected chi connectivity index (χ4v) is 1.48. The molecular formula is C12H18. The van der Waals surface area contributed by atoms with E-state index >= 15 is 0 Å². The topological polar surface area (TPSA) is 0 Å². The SMILES string of the molecule is CC(C)=C(C)C(C)C1=CCC=C1. The largest absolute Gasteiger partial charge is 0.0804 e. The second-order valence-corrected chi connectivity index (χ2v) is 3.75. The van der Waals surface area contributed by atoms with Crippen LogP contribution in [0.2, 0.25) is 0 Å². The van der Waals surface area contributed by atoms with Crippen LogP contribution in [0, 0.1) is 5.92 Å². The van der Waals surface area contributed by atoms with Crippen LogP contribution in [0.25, 0.3) is 0 Å². The molecule has 66 valence electrons. The maximum absolute atomic E-state index is 2.32. The van der Waals surface area contributed by atoms with Gasteiger partial charge in [-0.25, -0.2) is 0 Å². The molecule has 0 heteroatoms. The van der Waals surface area contributed by atoms with Gasteiger partial charge in [-0.1, -0.05) is 36.3 Å². The van der Waals surface area contributed by atoms with Crippen LogP contribution in [-0.4, -0.2) is 0 Å². The van der Waals surface area contributed by atoms with Crippen molar-refractivity contribution in [3.8, 4) is 0 Å². The average molecular weight is 162 g/mol. The van der Waals surface area contributed by atoms with E-state index in [0.717, 1.165) is 6.42 Å². The first-order chi connectivity index (χ1) is 5.63. The predicted octanol–water partition coefficient (Wildman–Crippen LogP) is 3.87. The molecule has 0 bridgehead atoms. The van der Waals surface area contributed by atoms with E-state index in [2.05, 4.69) is 45.9 Å². The minimum atomic E-state index is 0.605. The molecule has 0 aliphatic heterocycles. The summed E-state index contributed by atoms with van der Waals surface area (Å²) in [5, 5.41) is 0. The van der Waals surface area contributed by atoms with Gasteiger partial charge < -0.3 is 0 Å². The highest BCUT2D eigenvalue weighted by Gasteiger charge is 2.10. The van der Waals surface area contributed by atoms with E-state index in [-0.39, 0.29) is 0 Å². The summed E-state index contributed by atoms with van der Waals surface area (Å²) in [6.07, 6.45) is 7.91. The quantitative estimate of drug-likeness (QED) is 0.541. The lowest BCUT2D eigenvalue weighted by atomic mass is 9.92. The molecule has 1 atom stereocenters. The number of hydrogen-bond donors (Lipinski definition) is 0. The van der Waals surface area contributed by atoms with Gasteiger partial charge in [0.05, 0.1) is 0 Å². The Morgan fingerprint density at radius 1 is 1.33 bits per heavy atom. The molecule has 0 radical (unpaired) electrons. The van der Waals surface area contributed by atoms with Crippen molar-refractivity contribution in [2.45, 2.75) is 34.1 Å². The smallest absolute Gasteiger partial charge is 0.00163 e. The van der Waals surface area contributed by atoms with Crippen molar-refractivity contribution in [2.24, 2.45) is 5.92 Å². The minimum Gasteiger partial charge on any atom is -0.0804 e. The zero-order valence-electron chi connectivity index (χ0n) is 8.52. The molecule has 1 aliphatic rings. The highest BCUT2D eigenvalue weighted by atomic mass is 14.2. The van der Waals surface area contributed by atoms with Crippen LogP contribution in [0.4, 0.5) is 0 Å². The molecule has 0 fully saturated rings. The molecule has 0 aromatic rings. The maximum Gasteiger partial charge on any atom is 0.00163 e. The fraction of sp³-hybridized carbons (Fsp3) is 0.500. The maximum atomic E-state index is 2.32. The Labute approximate surface area is 75.7 Å². The highest BCUT2D eigenvalue weighted by Crippen LogP contribution is 2.26. The Morgan fingerprint density at radius 2 is 2.00 bits per heavy atom. The van der Waals surface area contributed by atoms with Crippen LogP contribution in [0.15, 0.2) is 34.9 Å². The Balaban J connectivity index is 2.77. The minimum absolute atomic E-state index is 0.605. The second-order valence-electron chi connectivity index (χ2n) is 3.75. The summed E-state index contributed by atoms with van der Waals surface area (Å²) >= 11 is 0. The molecule has 0 aromatic heterocycles. The summed E-state index contributed by atoms with van der Waals surface area (Å²) in [7, 11) is 0. The van der Waals surface area contributed by atoms with Gasteiger partial charge in [-0.3, -0.25) is 0 Å². The van der Waals surface area contributed by atoms with Crippen molar-refractivity contribution in [1.82, 2.24) is 0 Å². The van der Waals surface area contributed by atoms with Gasteiger partial charge in [0.15, 0.2) is 0 Å². The van der Waals surface area contributed by atoms with Crippen LogP contribution in [0.5, 0.6) is 0 Å². The summed E-state index contributed by atoms with van der Waals surface area (Å²) in [4.78, 5) is 0. The summed E-state index contributed by atoms with van der Waals surface area (Å²) in [5.41, 5.74) is 4.44. The van der Waals surface area contributed by atoms with Crippen molar-refractivity contribution >= 4 is 0 Å². The zero-order valence-corrected chi connectivity index (χ0v) is 8.52. The molecule has 1 rings (SSSR count). The van der Waals surface area contributed by atoms with E-state index in [1.807, 2.05) is 0 Å². The summed E-state index contributed by atoms with van der Waals surface area (Å²) in [5.74, 6) is 0.605. The van der Waals surface area contributed by atoms with Gasteiger partial charge in [-0.2, -0.15) is 0 Å². The third-order valence-corrected chi connectivity index (χ3v) is 2.74. The fourth-order valence-electron chi connectivity index (χ4n) is 1.48. The van der Waals surface area contributed by atoms with E-state index in [4.69, 9.17) is 0 Å². The highest BCUT2D eigenvalue weighted by molar-refractivity contribution is 5.34. The summed E-state index contributed by atoms with van der Waals surface area (Å²) in [6, 6.07) is 0. The van der Waals surface area contributed by atoms with E-state index in [9.17, 15) is 0 Å². The van der Waals surface area contributed by atoms with E-state index in [1.54, 1.807) is 0 Å². The Kier molecular flexibility index (Phi) is 2.91. The van der Waals surface area contributed by atoms with E-state index in [1.165, 1.54) is 16.7 Å². The molecule has 0 saturated carbocycles. The lowest BCUT2D eigenvalue weighted by molar-refractivity contribution is 0.808. The van der Waals surface area contributed by atoms with Crippen LogP contribution in [-0.2, 0) is 0 Å². The first-order valence-electron chi connectivity index (χ1n) is 4.63. The molecule has 0 aromatic carbocycles. The van der Waals surface area contributed by atoms with Crippen molar-refractivity contribution in [3.05, 3.63) is 34.9 Å². The Morgan fingerprint density at radius 3 is 2.42 bits per heavy atom. The van der Waals surface area contributed by atoms with Gasteiger partial charge in [-0.15, -0.1) is 0 Å². The monoisotopic (exact) mass is 162 g/mol. The van der Waals surface area contributed by atoms with Crippen molar-refractivity contribution in [1.29, 1.82) is 0 Å². The summed E-state index contributed by atoms with van der Waals surface area (Å²) in [6.45, 7) is 8.88. The Bertz CT molecular complexity index is 245. The van der Waals surface area contributed by atoms with Gasteiger partial charge in [-0.05, 0) is 32.8 Å². The zero-order chi connectivity index (χ0) is 9.14. The van der Waals surface area contributed by atoms with Crippen LogP contribution in [0.1, 0.15) is 34.1 Å². The summed E-state index contributed by atoms with van der Waals surface area (Å²) < 4.78 is 0. The van der Waals surface area contributed by atoms with Crippen molar-refractivity contribution in [2.75, 3.05) is 0 Å². The van der Waals surface area contributed by atoms with Gasteiger partial charge >= 0.3 is 0 Å². The Hall–Kier alpha value is -0.780. The number of hydrogen-bond acceptors (Lipinski definition) is 0. The van der Waals surface area contributed by atoms with E-state index < -0.39 is 0 Å². The third-order valence-electron chi connectivity index (χ3n) is 2.74. The number of rotatable bonds is 2. The predicted molar refractivity (Wildman–Crippen MR) is 55.1 cm³/mol. The van der Waals surface area contributed by atoms with E-state index in [0.29, 0.717) is 5.92 Å². The van der Waals surface area contributed by atoms with Gasteiger partial charge in [0.25, 0.3) is 0 Å². The average Bonchev–Trinajstić information content (AvgIpc) is 2.53. The van der Waals surface area contributed by atoms with Gasteiger partial charge in [0.1, 0.15) is 0 Å². The second kappa shape index (κ2) is 3.75. The molecule has 0 saturated heterocycles. The lowest BCUT2D eigenvalue weighted by Gasteiger charge is -2.14. The first-order valence-corrected chi connectivity index (χ1v) is 4.63. The molecule has 0 nitrogen and oxygen atoms in total. The molecular weight excluding hydrogens is 144 g/mol. The molecule has 1 aliphatic carbocycles. The first kappa shape index (κ1) is 9.31. The molecule has 0 N–H and O–H groups in total. The molecule has 0 heterocycles. The molecule has 1 unspecified atom stereocenters. The molecule has 0 spiro atoms. The van der Waals surface area contributed by atoms with Crippen LogP contribution >= 0.6 is 0 Å². The normalized spacial score (nSPS) is 17.5. The molecule has 0 amide bonds. The lowest BCUT2D eigenvalue weighted by Crippen LogP contribution is -1.99. The van der Waals surface area contributed by atoms with Crippen LogP contribution in [0.3, 0.4) is 0 Å². The van der Waals surface area contributed by atoms with Crippen LogP contribution < -0.4 is 0 Å². The molecule has 12 heavy (non-hydrogen) atoms. The van der Waals surface area contributed by atoms with Gasteiger partial charge in [0.2, 0.25) is 0 Å². The third kappa shape index (κ3) is 1.88. The number of allylic oxidation sites excluding steroid dienone is 6. The van der Waals surface area contributed by atoms with Crippen molar-refractivity contribution in [3.63, 3.8) is 0 Å². The van der Waals surface area contributed by atoms with Gasteiger partial charge in [0, 0.05) is 5.92 Å². The standard InChI is InChI=1S/C12H18/c1-9(2)10(3)11(4)12-7-5-6-8-12/h5,7-8,11H,6H2,1-4H3. The van der Waals surface area contributed by atoms with Crippen molar-refractivity contribution < 1.29 is 0 Å².